The molecule has 3 aromatic rings. The van der Waals surface area contributed by atoms with Gasteiger partial charge in [0, 0.05) is 23.3 Å². The van der Waals surface area contributed by atoms with Crippen LogP contribution in [0.3, 0.4) is 0 Å². The van der Waals surface area contributed by atoms with E-state index < -0.39 is 34.0 Å². The number of hydrogen-bond donors (Lipinski definition) is 2. The van der Waals surface area contributed by atoms with Crippen molar-refractivity contribution in [3.63, 3.8) is 0 Å². The predicted molar refractivity (Wildman–Crippen MR) is 139 cm³/mol. The van der Waals surface area contributed by atoms with Crippen LogP contribution in [-0.2, 0) is 10.0 Å². The zero-order valence-corrected chi connectivity index (χ0v) is 22.5. The Morgan fingerprint density at radius 3 is 2.70 bits per heavy atom. The van der Waals surface area contributed by atoms with Gasteiger partial charge in [-0.3, -0.25) is 0 Å². The van der Waals surface area contributed by atoms with Gasteiger partial charge in [-0.15, -0.1) is 0 Å². The van der Waals surface area contributed by atoms with Gasteiger partial charge in [0.05, 0.1) is 57.8 Å². The third-order valence-electron chi connectivity index (χ3n) is 7.46. The molecule has 0 radical (unpaired) electrons. The van der Waals surface area contributed by atoms with Crippen molar-refractivity contribution in [1.29, 1.82) is 5.26 Å². The lowest BCUT2D eigenvalue weighted by Crippen LogP contribution is -2.58. The lowest BCUT2D eigenvalue weighted by Gasteiger charge is -2.41. The Morgan fingerprint density at radius 2 is 2.05 bits per heavy atom. The highest BCUT2D eigenvalue weighted by Crippen LogP contribution is 2.39. The molecule has 2 aromatic heterocycles. The van der Waals surface area contributed by atoms with E-state index in [9.17, 15) is 18.8 Å². The molecule has 2 N–H and O–H groups in total. The quantitative estimate of drug-likeness (QED) is 0.496. The van der Waals surface area contributed by atoms with Crippen LogP contribution in [0, 0.1) is 24.1 Å². The van der Waals surface area contributed by atoms with Gasteiger partial charge in [0.25, 0.3) is 0 Å². The van der Waals surface area contributed by atoms with Crippen molar-refractivity contribution in [2.24, 2.45) is 0 Å². The molecule has 12 heteroatoms. The molecule has 2 fully saturated rings. The van der Waals surface area contributed by atoms with Gasteiger partial charge >= 0.3 is 0 Å². The van der Waals surface area contributed by atoms with Crippen LogP contribution in [0.25, 0.3) is 22.2 Å². The van der Waals surface area contributed by atoms with E-state index in [0.717, 1.165) is 0 Å². The highest BCUT2D eigenvalue weighted by molar-refractivity contribution is 7.88. The minimum atomic E-state index is -3.44. The van der Waals surface area contributed by atoms with Crippen LogP contribution >= 0.6 is 11.6 Å². The molecule has 2 bridgehead atoms. The van der Waals surface area contributed by atoms with Gasteiger partial charge in [-0.25, -0.2) is 22.8 Å². The van der Waals surface area contributed by atoms with E-state index in [0.29, 0.717) is 47.3 Å². The van der Waals surface area contributed by atoms with Crippen molar-refractivity contribution in [3.8, 4) is 17.3 Å². The second-order valence-corrected chi connectivity index (χ2v) is 12.4. The number of halogens is 2. The Bertz CT molecular complexity index is 1550. The van der Waals surface area contributed by atoms with Crippen molar-refractivity contribution < 1.29 is 17.9 Å². The molecular weight excluding hydrogens is 519 g/mol. The number of nitrogens with one attached hydrogen (secondary N) is 1. The van der Waals surface area contributed by atoms with Gasteiger partial charge in [0.15, 0.2) is 0 Å². The number of nitrogens with zero attached hydrogens (tertiary/aromatic N) is 5. The van der Waals surface area contributed by atoms with Crippen LogP contribution in [0.4, 0.5) is 10.3 Å². The van der Waals surface area contributed by atoms with E-state index in [2.05, 4.69) is 21.4 Å². The first-order valence-corrected chi connectivity index (χ1v) is 14.3. The van der Waals surface area contributed by atoms with Crippen molar-refractivity contribution in [2.45, 2.75) is 70.3 Å². The Kier molecular flexibility index (Phi) is 6.43. The molecular formula is C25H28ClFN6O3S. The third-order valence-corrected chi connectivity index (χ3v) is 9.07. The first-order chi connectivity index (χ1) is 17.4. The molecule has 196 valence electrons. The average molecular weight is 547 g/mol. The summed E-state index contributed by atoms with van der Waals surface area (Å²) in [5, 5.41) is 24.2. The number of aliphatic hydroxyl groups excluding tert-OH is 1. The number of rotatable bonds is 5. The molecule has 2 aliphatic heterocycles. The molecule has 0 amide bonds. The van der Waals surface area contributed by atoms with Crippen molar-refractivity contribution in [1.82, 2.24) is 18.8 Å². The zero-order valence-electron chi connectivity index (χ0n) is 20.9. The van der Waals surface area contributed by atoms with Gasteiger partial charge in [-0.1, -0.05) is 11.6 Å². The third kappa shape index (κ3) is 4.26. The molecule has 4 atom stereocenters. The number of piperidine rings is 1. The highest BCUT2D eigenvalue weighted by atomic mass is 35.5. The van der Waals surface area contributed by atoms with Crippen LogP contribution in [0.15, 0.2) is 18.3 Å². The highest BCUT2D eigenvalue weighted by Gasteiger charge is 2.50. The molecule has 0 unspecified atom stereocenters. The van der Waals surface area contributed by atoms with Crippen LogP contribution in [-0.4, -0.2) is 62.8 Å². The number of hydrogen-bond acceptors (Lipinski definition) is 7. The number of nitriles is 1. The van der Waals surface area contributed by atoms with E-state index in [4.69, 9.17) is 11.6 Å². The summed E-state index contributed by atoms with van der Waals surface area (Å²) in [6, 6.07) is 4.03. The summed E-state index contributed by atoms with van der Waals surface area (Å²) in [5.74, 6) is -0.347. The first-order valence-electron chi connectivity index (χ1n) is 12.1. The van der Waals surface area contributed by atoms with Crippen LogP contribution in [0.5, 0.6) is 0 Å². The van der Waals surface area contributed by atoms with Crippen molar-refractivity contribution >= 4 is 38.5 Å². The summed E-state index contributed by atoms with van der Waals surface area (Å²) in [6.45, 7) is 5.72. The maximum absolute atomic E-state index is 15.4. The Labute approximate surface area is 219 Å². The number of aromatic nitrogens is 3. The standard InChI is InChI=1S/C25H28ClFN6O3S/c1-12(2)32-13(3)16(10-28)22-18(27)7-14(8-21(22)32)23-17(26)11-29-25(31-23)30-19-9-15-5-6-20(24(19)34)33(15)37(4,35)36/h7-8,11-12,15,19-20,24,34H,5-6,9H2,1-4H3,(H,29,30,31)/t15-,19+,20+,24-/m0/s1. The lowest BCUT2D eigenvalue weighted by atomic mass is 9.96. The molecule has 5 rings (SSSR count). The van der Waals surface area contributed by atoms with E-state index in [1.54, 1.807) is 13.0 Å². The van der Waals surface area contributed by atoms with Gasteiger partial charge in [-0.2, -0.15) is 9.57 Å². The van der Waals surface area contributed by atoms with Crippen LogP contribution < -0.4 is 5.32 Å². The summed E-state index contributed by atoms with van der Waals surface area (Å²) < 4.78 is 43.2. The normalized spacial score (nSPS) is 24.1. The molecule has 9 nitrogen and oxygen atoms in total. The molecule has 37 heavy (non-hydrogen) atoms. The van der Waals surface area contributed by atoms with Gasteiger partial charge in [-0.05, 0) is 52.2 Å². The minimum Gasteiger partial charge on any atom is -0.389 e. The SMILES string of the molecule is Cc1c(C#N)c2c(F)cc(-c3nc(N[C@@H]4C[C@@H]5CC[C@H]([C@H]4O)N5S(C)(=O)=O)ncc3Cl)cc2n1C(C)C. The number of anilines is 1. The summed E-state index contributed by atoms with van der Waals surface area (Å²) in [6.07, 6.45) is 3.31. The molecule has 1 aromatic carbocycles. The molecule has 2 aliphatic rings. The molecule has 0 saturated carbocycles. The topological polar surface area (TPSA) is 124 Å². The van der Waals surface area contributed by atoms with E-state index >= 15 is 4.39 Å². The number of fused-ring (bicyclic) bond motifs is 3. The van der Waals surface area contributed by atoms with E-state index in [1.165, 1.54) is 22.8 Å². The Morgan fingerprint density at radius 1 is 1.32 bits per heavy atom. The summed E-state index contributed by atoms with van der Waals surface area (Å²) in [5.41, 5.74) is 2.29. The summed E-state index contributed by atoms with van der Waals surface area (Å²) >= 11 is 6.44. The molecule has 2 saturated heterocycles. The average Bonchev–Trinajstić information content (AvgIpc) is 3.33. The predicted octanol–water partition coefficient (Wildman–Crippen LogP) is 3.99. The van der Waals surface area contributed by atoms with Gasteiger partial charge < -0.3 is 15.0 Å². The molecule has 0 spiro atoms. The maximum atomic E-state index is 15.4. The number of benzene rings is 1. The Hall–Kier alpha value is -2.78. The monoisotopic (exact) mass is 546 g/mol. The van der Waals surface area contributed by atoms with E-state index in [-0.39, 0.29) is 28.4 Å². The minimum absolute atomic E-state index is 0.00740. The second kappa shape index (κ2) is 9.20. The number of sulfonamides is 1. The van der Waals surface area contributed by atoms with Crippen molar-refractivity contribution in [3.05, 3.63) is 40.4 Å². The van der Waals surface area contributed by atoms with Gasteiger partial charge in [0.1, 0.15) is 11.9 Å². The Balaban J connectivity index is 1.51. The fourth-order valence-electron chi connectivity index (χ4n) is 6.05. The zero-order chi connectivity index (χ0) is 26.8. The van der Waals surface area contributed by atoms with E-state index in [1.807, 2.05) is 18.4 Å². The fraction of sp³-hybridized carbons (Fsp3) is 0.480. The maximum Gasteiger partial charge on any atom is 0.223 e. The summed E-state index contributed by atoms with van der Waals surface area (Å²) in [4.78, 5) is 8.80. The summed E-state index contributed by atoms with van der Waals surface area (Å²) in [7, 11) is -3.44. The van der Waals surface area contributed by atoms with Gasteiger partial charge in [0.2, 0.25) is 16.0 Å². The first kappa shape index (κ1) is 25.9. The number of aliphatic hydroxyl groups is 1. The van der Waals surface area contributed by atoms with Crippen LogP contribution in [0.1, 0.15) is 50.4 Å². The van der Waals surface area contributed by atoms with Crippen molar-refractivity contribution in [2.75, 3.05) is 11.6 Å². The molecule has 4 heterocycles. The second-order valence-electron chi connectivity index (χ2n) is 10.1. The smallest absolute Gasteiger partial charge is 0.223 e. The molecule has 0 aliphatic carbocycles. The lowest BCUT2D eigenvalue weighted by molar-refractivity contribution is 0.0472. The largest absolute Gasteiger partial charge is 0.389 e. The van der Waals surface area contributed by atoms with Crippen LogP contribution in [0.2, 0.25) is 5.02 Å². The fourth-order valence-corrected chi connectivity index (χ4v) is 7.70.